The van der Waals surface area contributed by atoms with Crippen LogP contribution in [-0.2, 0) is 14.5 Å². The van der Waals surface area contributed by atoms with Crippen molar-refractivity contribution in [3.05, 3.63) is 0 Å². The molecule has 0 aromatic carbocycles. The molecule has 0 rings (SSSR count). The summed E-state index contributed by atoms with van der Waals surface area (Å²) in [5.41, 5.74) is 5.37. The molecule has 0 fully saturated rings. The van der Waals surface area contributed by atoms with Crippen LogP contribution < -0.4 is 5.73 Å². The number of carbonyl (C=O) groups excluding carboxylic acids is 1. The van der Waals surface area contributed by atoms with E-state index in [1.165, 1.54) is 13.2 Å². The second kappa shape index (κ2) is 3.82. The maximum absolute atomic E-state index is 10.8. The van der Waals surface area contributed by atoms with E-state index in [2.05, 4.69) is 0 Å². The molecule has 0 saturated heterocycles. The summed E-state index contributed by atoms with van der Waals surface area (Å²) >= 11 is 0. The van der Waals surface area contributed by atoms with Gasteiger partial charge in [0.1, 0.15) is 5.78 Å². The van der Waals surface area contributed by atoms with Gasteiger partial charge in [0.2, 0.25) is 0 Å². The first-order chi connectivity index (χ1) is 4.83. The Labute approximate surface area is 67.1 Å². The van der Waals surface area contributed by atoms with Crippen LogP contribution in [0.4, 0.5) is 0 Å². The van der Waals surface area contributed by atoms with E-state index in [0.29, 0.717) is 6.42 Å². The fourth-order valence-corrected chi connectivity index (χ4v) is 1.26. The highest BCUT2D eigenvalue weighted by Gasteiger charge is 2.09. The maximum Gasteiger partial charge on any atom is 0.146 e. The minimum absolute atomic E-state index is 0.117. The van der Waals surface area contributed by atoms with E-state index in [4.69, 9.17) is 10.5 Å². The van der Waals surface area contributed by atoms with Crippen molar-refractivity contribution in [2.24, 2.45) is 5.73 Å². The summed E-state index contributed by atoms with van der Waals surface area (Å²) in [7, 11) is -2.48. The van der Waals surface area contributed by atoms with Crippen LogP contribution in [-0.4, -0.2) is 28.0 Å². The first-order valence-corrected chi connectivity index (χ1v) is 5.44. The third-order valence-corrected chi connectivity index (χ3v) is 2.36. The molecule has 2 atom stereocenters. The van der Waals surface area contributed by atoms with Crippen LogP contribution in [0.15, 0.2) is 0 Å². The van der Waals surface area contributed by atoms with Gasteiger partial charge < -0.3 is 5.73 Å². The summed E-state index contributed by atoms with van der Waals surface area (Å²) in [5.74, 6) is 0.0851. The monoisotopic (exact) mass is 178 g/mol. The Morgan fingerprint density at radius 2 is 2.18 bits per heavy atom. The van der Waals surface area contributed by atoms with Gasteiger partial charge in [-0.3, -0.25) is 13.8 Å². The number of hydrogen-bond donors (Lipinski definition) is 2. The van der Waals surface area contributed by atoms with E-state index >= 15 is 0 Å². The number of nitrogens with one attached hydrogen (secondary N) is 1. The van der Waals surface area contributed by atoms with Crippen molar-refractivity contribution in [1.82, 2.24) is 0 Å². The SMILES string of the molecule is CC(=O)[C@@H](N)CC[S@](C)(=N)=O. The van der Waals surface area contributed by atoms with Gasteiger partial charge in [0.05, 0.1) is 6.04 Å². The van der Waals surface area contributed by atoms with Crippen LogP contribution in [0.2, 0.25) is 0 Å². The standard InChI is InChI=1S/C6H14N2O2S/c1-5(9)6(7)3-4-11(2,8)10/h6,8H,3-4,7H2,1-2H3/t6-,11+/m0/s1. The Morgan fingerprint density at radius 1 is 1.73 bits per heavy atom. The minimum atomic E-state index is -2.48. The lowest BCUT2D eigenvalue weighted by Gasteiger charge is -2.06. The van der Waals surface area contributed by atoms with Crippen molar-refractivity contribution in [3.63, 3.8) is 0 Å². The summed E-state index contributed by atoms with van der Waals surface area (Å²) in [4.78, 5) is 10.6. The van der Waals surface area contributed by atoms with Gasteiger partial charge in [-0.2, -0.15) is 0 Å². The van der Waals surface area contributed by atoms with Crippen LogP contribution in [0.25, 0.3) is 0 Å². The van der Waals surface area contributed by atoms with Crippen molar-refractivity contribution < 1.29 is 9.00 Å². The van der Waals surface area contributed by atoms with Crippen molar-refractivity contribution in [2.45, 2.75) is 19.4 Å². The summed E-state index contributed by atoms with van der Waals surface area (Å²) in [5, 5.41) is 0. The zero-order chi connectivity index (χ0) is 9.07. The predicted molar refractivity (Wildman–Crippen MR) is 44.9 cm³/mol. The average molecular weight is 178 g/mol. The van der Waals surface area contributed by atoms with E-state index in [1.54, 1.807) is 0 Å². The van der Waals surface area contributed by atoms with Gasteiger partial charge in [-0.1, -0.05) is 0 Å². The second-order valence-corrected chi connectivity index (χ2v) is 5.13. The largest absolute Gasteiger partial charge is 0.321 e. The van der Waals surface area contributed by atoms with Crippen LogP contribution in [0.3, 0.4) is 0 Å². The quantitative estimate of drug-likeness (QED) is 0.634. The fourth-order valence-electron chi connectivity index (χ4n) is 0.555. The summed E-state index contributed by atoms with van der Waals surface area (Å²) in [6.45, 7) is 1.39. The molecule has 5 heteroatoms. The lowest BCUT2D eigenvalue weighted by atomic mass is 10.2. The summed E-state index contributed by atoms with van der Waals surface area (Å²) in [6.07, 6.45) is 1.69. The molecule has 0 aliphatic rings. The lowest BCUT2D eigenvalue weighted by Crippen LogP contribution is -2.30. The predicted octanol–water partition coefficient (Wildman–Crippen LogP) is -0.0306. The molecular formula is C6H14N2O2S. The minimum Gasteiger partial charge on any atom is -0.321 e. The van der Waals surface area contributed by atoms with Crippen LogP contribution in [0.1, 0.15) is 13.3 Å². The molecule has 0 spiro atoms. The molecule has 0 heterocycles. The molecule has 0 saturated carbocycles. The zero-order valence-electron chi connectivity index (χ0n) is 6.79. The Bertz CT molecular complexity index is 233. The molecule has 0 radical (unpaired) electrons. The third-order valence-electron chi connectivity index (χ3n) is 1.34. The van der Waals surface area contributed by atoms with E-state index in [0.717, 1.165) is 0 Å². The molecule has 0 aromatic heterocycles. The van der Waals surface area contributed by atoms with Gasteiger partial charge >= 0.3 is 0 Å². The van der Waals surface area contributed by atoms with E-state index in [1.807, 2.05) is 0 Å². The van der Waals surface area contributed by atoms with Crippen LogP contribution >= 0.6 is 0 Å². The van der Waals surface area contributed by atoms with Gasteiger partial charge in [-0.25, -0.2) is 0 Å². The van der Waals surface area contributed by atoms with Crippen LogP contribution in [0, 0.1) is 4.78 Å². The van der Waals surface area contributed by atoms with Gasteiger partial charge in [-0.05, 0) is 13.3 Å². The molecule has 0 unspecified atom stereocenters. The highest BCUT2D eigenvalue weighted by Crippen LogP contribution is 1.94. The summed E-state index contributed by atoms with van der Waals surface area (Å²) < 4.78 is 17.8. The molecule has 0 amide bonds. The van der Waals surface area contributed by atoms with Gasteiger partial charge in [0.15, 0.2) is 0 Å². The number of nitrogens with two attached hydrogens (primary N) is 1. The van der Waals surface area contributed by atoms with E-state index < -0.39 is 15.8 Å². The topological polar surface area (TPSA) is 84.0 Å². The zero-order valence-corrected chi connectivity index (χ0v) is 7.61. The fraction of sp³-hybridized carbons (Fsp3) is 0.833. The molecular weight excluding hydrogens is 164 g/mol. The molecule has 0 aliphatic heterocycles. The number of hydrogen-bond acceptors (Lipinski definition) is 4. The molecule has 66 valence electrons. The number of rotatable bonds is 4. The smallest absolute Gasteiger partial charge is 0.146 e. The van der Waals surface area contributed by atoms with Crippen molar-refractivity contribution in [3.8, 4) is 0 Å². The van der Waals surface area contributed by atoms with Crippen molar-refractivity contribution in [2.75, 3.05) is 12.0 Å². The van der Waals surface area contributed by atoms with Crippen molar-refractivity contribution in [1.29, 1.82) is 4.78 Å². The second-order valence-electron chi connectivity index (χ2n) is 2.71. The lowest BCUT2D eigenvalue weighted by molar-refractivity contribution is -0.118. The third kappa shape index (κ3) is 6.00. The normalized spacial score (nSPS) is 18.8. The highest BCUT2D eigenvalue weighted by molar-refractivity contribution is 7.91. The van der Waals surface area contributed by atoms with E-state index in [9.17, 15) is 9.00 Å². The molecule has 0 aliphatic carbocycles. The molecule has 3 N–H and O–H groups in total. The van der Waals surface area contributed by atoms with Gasteiger partial charge in [0.25, 0.3) is 0 Å². The Morgan fingerprint density at radius 3 is 2.45 bits per heavy atom. The Kier molecular flexibility index (Phi) is 3.68. The average Bonchev–Trinajstić information content (AvgIpc) is 1.80. The number of carbonyl (C=O) groups is 1. The van der Waals surface area contributed by atoms with Crippen LogP contribution in [0.5, 0.6) is 0 Å². The first kappa shape index (κ1) is 10.6. The molecule has 4 nitrogen and oxygen atoms in total. The molecule has 0 aromatic rings. The molecule has 11 heavy (non-hydrogen) atoms. The number of Topliss-reactive ketones (excluding diaryl/α,β-unsaturated/α-hetero) is 1. The van der Waals surface area contributed by atoms with Crippen molar-refractivity contribution >= 4 is 15.5 Å². The summed E-state index contributed by atoms with van der Waals surface area (Å²) in [6, 6.07) is -0.555. The highest BCUT2D eigenvalue weighted by atomic mass is 32.2. The Hall–Kier alpha value is -0.420. The first-order valence-electron chi connectivity index (χ1n) is 3.30. The Balaban J connectivity index is 3.82. The maximum atomic E-state index is 10.8. The van der Waals surface area contributed by atoms with Gasteiger partial charge in [0, 0.05) is 21.7 Å². The molecule has 0 bridgehead atoms. The van der Waals surface area contributed by atoms with Gasteiger partial charge in [-0.15, -0.1) is 0 Å². The number of ketones is 1. The van der Waals surface area contributed by atoms with E-state index in [-0.39, 0.29) is 11.5 Å².